The summed E-state index contributed by atoms with van der Waals surface area (Å²) in [5.41, 5.74) is 4.04. The van der Waals surface area contributed by atoms with Gasteiger partial charge in [-0.1, -0.05) is 17.7 Å². The van der Waals surface area contributed by atoms with Gasteiger partial charge in [0.15, 0.2) is 0 Å². The predicted octanol–water partition coefficient (Wildman–Crippen LogP) is 4.09. The molecule has 3 heterocycles. The van der Waals surface area contributed by atoms with Gasteiger partial charge in [-0.3, -0.25) is 9.59 Å². The van der Waals surface area contributed by atoms with Gasteiger partial charge < -0.3 is 14.7 Å². The van der Waals surface area contributed by atoms with Gasteiger partial charge in [0.25, 0.3) is 0 Å². The van der Waals surface area contributed by atoms with E-state index in [1.807, 2.05) is 34.9 Å². The molecule has 1 atom stereocenters. The summed E-state index contributed by atoms with van der Waals surface area (Å²) in [5, 5.41) is 0.709. The van der Waals surface area contributed by atoms with E-state index < -0.39 is 10.0 Å². The molecule has 0 bridgehead atoms. The Kier molecular flexibility index (Phi) is 7.34. The van der Waals surface area contributed by atoms with Crippen LogP contribution >= 0.6 is 11.6 Å². The van der Waals surface area contributed by atoms with Crippen LogP contribution in [-0.4, -0.2) is 74.7 Å². The van der Waals surface area contributed by atoms with Crippen molar-refractivity contribution in [1.82, 2.24) is 9.21 Å². The molecule has 0 aromatic heterocycles. The maximum Gasteiger partial charge on any atom is 0.243 e. The highest BCUT2D eigenvalue weighted by atomic mass is 35.5. The third-order valence-corrected chi connectivity index (χ3v) is 11.1. The predicted molar refractivity (Wildman–Crippen MR) is 156 cm³/mol. The highest BCUT2D eigenvalue weighted by Crippen LogP contribution is 2.40. The van der Waals surface area contributed by atoms with Gasteiger partial charge in [-0.25, -0.2) is 8.42 Å². The number of nitrogens with zero attached hydrogens (tertiary/aromatic N) is 4. The van der Waals surface area contributed by atoms with Crippen molar-refractivity contribution < 1.29 is 18.0 Å². The van der Waals surface area contributed by atoms with E-state index in [-0.39, 0.29) is 34.6 Å². The third kappa shape index (κ3) is 5.12. The van der Waals surface area contributed by atoms with Crippen LogP contribution in [0.15, 0.2) is 41.3 Å². The maximum absolute atomic E-state index is 13.5. The summed E-state index contributed by atoms with van der Waals surface area (Å²) >= 11 is 6.21. The quantitative estimate of drug-likeness (QED) is 0.529. The van der Waals surface area contributed by atoms with E-state index in [0.29, 0.717) is 50.5 Å². The first-order chi connectivity index (χ1) is 19.1. The van der Waals surface area contributed by atoms with Gasteiger partial charge in [-0.2, -0.15) is 4.31 Å². The molecule has 4 aliphatic rings. The van der Waals surface area contributed by atoms with Gasteiger partial charge in [0.1, 0.15) is 0 Å². The van der Waals surface area contributed by atoms with Crippen molar-refractivity contribution in [2.24, 2.45) is 11.8 Å². The number of amides is 2. The van der Waals surface area contributed by atoms with E-state index in [1.165, 1.54) is 9.87 Å². The number of anilines is 2. The van der Waals surface area contributed by atoms with Crippen molar-refractivity contribution >= 4 is 44.8 Å². The van der Waals surface area contributed by atoms with Crippen molar-refractivity contribution in [1.29, 1.82) is 0 Å². The molecule has 3 fully saturated rings. The molecular formula is C30H37ClN4O4S. The number of rotatable bonds is 5. The second kappa shape index (κ2) is 10.7. The Morgan fingerprint density at radius 3 is 2.17 bits per heavy atom. The largest absolute Gasteiger partial charge is 0.368 e. The second-order valence-electron chi connectivity index (χ2n) is 11.7. The van der Waals surface area contributed by atoms with Crippen molar-refractivity contribution in [3.8, 4) is 0 Å². The minimum absolute atomic E-state index is 0.0409. The van der Waals surface area contributed by atoms with Crippen molar-refractivity contribution in [2.45, 2.75) is 56.9 Å². The lowest BCUT2D eigenvalue weighted by Crippen LogP contribution is -2.52. The van der Waals surface area contributed by atoms with Crippen LogP contribution in [0.1, 0.15) is 43.7 Å². The number of fused-ring (bicyclic) bond motifs is 1. The van der Waals surface area contributed by atoms with Crippen LogP contribution < -0.4 is 9.80 Å². The fraction of sp³-hybridized carbons (Fsp3) is 0.533. The molecule has 0 N–H and O–H groups in total. The van der Waals surface area contributed by atoms with Gasteiger partial charge in [-0.15, -0.1) is 0 Å². The Balaban J connectivity index is 1.06. The van der Waals surface area contributed by atoms with Gasteiger partial charge >= 0.3 is 0 Å². The number of aryl methyl sites for hydroxylation is 1. The first-order valence-electron chi connectivity index (χ1n) is 14.4. The Bertz CT molecular complexity index is 1430. The van der Waals surface area contributed by atoms with E-state index in [1.54, 1.807) is 18.2 Å². The number of carbonyl (C=O) groups excluding carboxylic acids is 2. The molecule has 2 aromatic carbocycles. The summed E-state index contributed by atoms with van der Waals surface area (Å²) in [7, 11) is -3.67. The fourth-order valence-electron chi connectivity index (χ4n) is 6.47. The van der Waals surface area contributed by atoms with Crippen molar-refractivity contribution in [3.63, 3.8) is 0 Å². The van der Waals surface area contributed by atoms with Crippen LogP contribution in [0.25, 0.3) is 0 Å². The summed E-state index contributed by atoms with van der Waals surface area (Å²) in [4.78, 5) is 32.4. The minimum Gasteiger partial charge on any atom is -0.368 e. The van der Waals surface area contributed by atoms with E-state index >= 15 is 0 Å². The van der Waals surface area contributed by atoms with Crippen molar-refractivity contribution in [2.75, 3.05) is 49.1 Å². The first-order valence-corrected chi connectivity index (χ1v) is 16.2. The SMILES string of the molecule is Cc1ccc(Cl)cc1N1CCN(C(=O)C2CCN(S(=O)(=O)c3ccc4c(c3)C[C@H](C)N4C(=O)C3CC3)CC2)CC1. The molecular weight excluding hydrogens is 548 g/mol. The lowest BCUT2D eigenvalue weighted by atomic mass is 9.96. The topological polar surface area (TPSA) is 81.2 Å². The zero-order chi connectivity index (χ0) is 28.2. The molecule has 0 unspecified atom stereocenters. The molecule has 0 spiro atoms. The third-order valence-electron chi connectivity index (χ3n) is 8.97. The van der Waals surface area contributed by atoms with Gasteiger partial charge in [0, 0.05) is 73.5 Å². The lowest BCUT2D eigenvalue weighted by Gasteiger charge is -2.39. The number of benzene rings is 2. The number of hydrogen-bond acceptors (Lipinski definition) is 5. The maximum atomic E-state index is 13.5. The minimum atomic E-state index is -3.67. The fourth-order valence-corrected chi connectivity index (χ4v) is 8.16. The molecule has 10 heteroatoms. The van der Waals surface area contributed by atoms with E-state index in [4.69, 9.17) is 11.6 Å². The number of piperazine rings is 1. The van der Waals surface area contributed by atoms with Crippen LogP contribution in [-0.2, 0) is 26.0 Å². The van der Waals surface area contributed by atoms with Crippen LogP contribution in [0.3, 0.4) is 0 Å². The van der Waals surface area contributed by atoms with Gasteiger partial charge in [0.2, 0.25) is 21.8 Å². The summed E-state index contributed by atoms with van der Waals surface area (Å²) < 4.78 is 28.6. The zero-order valence-corrected chi connectivity index (χ0v) is 24.8. The Hall–Kier alpha value is -2.62. The van der Waals surface area contributed by atoms with Gasteiger partial charge in [0.05, 0.1) is 4.90 Å². The highest BCUT2D eigenvalue weighted by molar-refractivity contribution is 7.89. The molecule has 6 rings (SSSR count). The number of hydrogen-bond donors (Lipinski definition) is 0. The lowest BCUT2D eigenvalue weighted by molar-refractivity contribution is -0.137. The molecule has 2 amide bonds. The van der Waals surface area contributed by atoms with E-state index in [9.17, 15) is 18.0 Å². The zero-order valence-electron chi connectivity index (χ0n) is 23.2. The normalized spacial score (nSPS) is 22.5. The number of sulfonamides is 1. The van der Waals surface area contributed by atoms with Crippen LogP contribution in [0.2, 0.25) is 5.02 Å². The molecule has 1 aliphatic carbocycles. The summed E-state index contributed by atoms with van der Waals surface area (Å²) in [6.07, 6.45) is 3.61. The second-order valence-corrected chi connectivity index (χ2v) is 14.1. The average molecular weight is 585 g/mol. The Labute approximate surface area is 241 Å². The van der Waals surface area contributed by atoms with E-state index in [2.05, 4.69) is 11.8 Å². The molecule has 214 valence electrons. The van der Waals surface area contributed by atoms with Crippen LogP contribution in [0, 0.1) is 18.8 Å². The van der Waals surface area contributed by atoms with Gasteiger partial charge in [-0.05, 0) is 87.4 Å². The molecule has 3 aliphatic heterocycles. The molecule has 8 nitrogen and oxygen atoms in total. The smallest absolute Gasteiger partial charge is 0.243 e. The molecule has 1 saturated carbocycles. The Morgan fingerprint density at radius 2 is 1.50 bits per heavy atom. The Morgan fingerprint density at radius 1 is 0.825 bits per heavy atom. The summed E-state index contributed by atoms with van der Waals surface area (Å²) in [5.74, 6) is 0.256. The monoisotopic (exact) mass is 584 g/mol. The summed E-state index contributed by atoms with van der Waals surface area (Å²) in [6, 6.07) is 11.1. The molecule has 2 saturated heterocycles. The highest BCUT2D eigenvalue weighted by Gasteiger charge is 2.40. The van der Waals surface area contributed by atoms with Crippen LogP contribution in [0.5, 0.6) is 0 Å². The number of halogens is 1. The summed E-state index contributed by atoms with van der Waals surface area (Å²) in [6.45, 7) is 7.56. The number of piperidine rings is 1. The molecule has 2 aromatic rings. The molecule has 40 heavy (non-hydrogen) atoms. The number of carbonyl (C=O) groups is 2. The standard InChI is InChI=1S/C30H37ClN4O4S/c1-20-3-6-25(31)19-28(20)32-13-15-33(16-14-32)29(36)23-9-11-34(12-10-23)40(38,39)26-7-8-27-24(18-26)17-21(2)35(27)30(37)22-4-5-22/h3,6-8,18-19,21-23H,4-5,9-17H2,1-2H3/t21-/m0/s1. The average Bonchev–Trinajstić information content (AvgIpc) is 3.75. The van der Waals surface area contributed by atoms with E-state index in [0.717, 1.165) is 42.9 Å². The first kappa shape index (κ1) is 27.5. The van der Waals surface area contributed by atoms with Crippen LogP contribution in [0.4, 0.5) is 11.4 Å². The van der Waals surface area contributed by atoms with Crippen molar-refractivity contribution in [3.05, 3.63) is 52.5 Å². The molecule has 0 radical (unpaired) electrons.